The minimum Gasteiger partial charge on any atom is -0.369 e. The molecule has 1 fully saturated rings. The second kappa shape index (κ2) is 4.58. The van der Waals surface area contributed by atoms with Gasteiger partial charge in [-0.3, -0.25) is 4.79 Å². The summed E-state index contributed by atoms with van der Waals surface area (Å²) in [4.78, 5) is 13.0. The second-order valence-electron chi connectivity index (χ2n) is 3.97. The monoisotopic (exact) mass is 185 g/mol. The van der Waals surface area contributed by atoms with Gasteiger partial charge in [0.05, 0.1) is 0 Å². The molecule has 4 N–H and O–H groups in total. The highest BCUT2D eigenvalue weighted by atomic mass is 16.1. The van der Waals surface area contributed by atoms with Crippen LogP contribution in [0, 0.1) is 5.92 Å². The molecule has 76 valence electrons. The molecular weight excluding hydrogens is 166 g/mol. The summed E-state index contributed by atoms with van der Waals surface area (Å²) in [6.45, 7) is 4.56. The molecule has 0 radical (unpaired) electrons. The Morgan fingerprint density at radius 1 is 1.69 bits per heavy atom. The van der Waals surface area contributed by atoms with Crippen LogP contribution in [0.2, 0.25) is 0 Å². The van der Waals surface area contributed by atoms with Crippen molar-refractivity contribution < 1.29 is 4.79 Å². The average Bonchev–Trinajstić information content (AvgIpc) is 2.04. The van der Waals surface area contributed by atoms with Crippen molar-refractivity contribution in [3.63, 3.8) is 0 Å². The molecule has 1 aliphatic heterocycles. The van der Waals surface area contributed by atoms with E-state index >= 15 is 0 Å². The first kappa shape index (κ1) is 10.5. The van der Waals surface area contributed by atoms with Gasteiger partial charge in [0.15, 0.2) is 0 Å². The zero-order valence-electron chi connectivity index (χ0n) is 8.20. The molecule has 4 nitrogen and oxygen atoms in total. The molecular formula is C9H19N3O. The fourth-order valence-electron chi connectivity index (χ4n) is 1.73. The molecule has 0 aromatic heterocycles. The van der Waals surface area contributed by atoms with Gasteiger partial charge in [-0.2, -0.15) is 0 Å². The summed E-state index contributed by atoms with van der Waals surface area (Å²) >= 11 is 0. The lowest BCUT2D eigenvalue weighted by Gasteiger charge is -2.31. The standard InChI is InChI=1S/C9H19N3O/c1-7(9(11)13)5-12-4-2-3-8(10)6-12/h7-8H,2-6,10H2,1H3,(H2,11,13). The lowest BCUT2D eigenvalue weighted by atomic mass is 10.0. The number of hydrogen-bond acceptors (Lipinski definition) is 3. The van der Waals surface area contributed by atoms with Crippen LogP contribution in [0.4, 0.5) is 0 Å². The van der Waals surface area contributed by atoms with Crippen LogP contribution in [-0.2, 0) is 4.79 Å². The van der Waals surface area contributed by atoms with Crippen molar-refractivity contribution >= 4 is 5.91 Å². The van der Waals surface area contributed by atoms with E-state index < -0.39 is 0 Å². The van der Waals surface area contributed by atoms with E-state index in [1.165, 1.54) is 0 Å². The third kappa shape index (κ3) is 3.32. The fraction of sp³-hybridized carbons (Fsp3) is 0.889. The summed E-state index contributed by atoms with van der Waals surface area (Å²) in [5.41, 5.74) is 11.0. The summed E-state index contributed by atoms with van der Waals surface area (Å²) < 4.78 is 0. The third-order valence-corrected chi connectivity index (χ3v) is 2.56. The normalized spacial score (nSPS) is 27.1. The molecule has 1 amide bonds. The van der Waals surface area contributed by atoms with E-state index in [0.717, 1.165) is 32.5 Å². The molecule has 0 aromatic rings. The van der Waals surface area contributed by atoms with Gasteiger partial charge in [-0.25, -0.2) is 0 Å². The van der Waals surface area contributed by atoms with Gasteiger partial charge in [-0.15, -0.1) is 0 Å². The van der Waals surface area contributed by atoms with Crippen LogP contribution >= 0.6 is 0 Å². The van der Waals surface area contributed by atoms with Crippen molar-refractivity contribution in [3.05, 3.63) is 0 Å². The first-order valence-electron chi connectivity index (χ1n) is 4.87. The summed E-state index contributed by atoms with van der Waals surface area (Å²) in [5.74, 6) is -0.288. The van der Waals surface area contributed by atoms with Crippen molar-refractivity contribution in [2.75, 3.05) is 19.6 Å². The fourth-order valence-corrected chi connectivity index (χ4v) is 1.73. The first-order valence-corrected chi connectivity index (χ1v) is 4.87. The molecule has 0 aliphatic carbocycles. The number of hydrogen-bond donors (Lipinski definition) is 2. The summed E-state index contributed by atoms with van der Waals surface area (Å²) in [7, 11) is 0. The Morgan fingerprint density at radius 2 is 2.38 bits per heavy atom. The van der Waals surface area contributed by atoms with Gasteiger partial charge in [-0.1, -0.05) is 6.92 Å². The van der Waals surface area contributed by atoms with Gasteiger partial charge < -0.3 is 16.4 Å². The number of piperidine rings is 1. The van der Waals surface area contributed by atoms with E-state index in [1.807, 2.05) is 6.92 Å². The molecule has 0 aromatic carbocycles. The Labute approximate surface area is 79.3 Å². The number of likely N-dealkylation sites (tertiary alicyclic amines) is 1. The van der Waals surface area contributed by atoms with E-state index in [2.05, 4.69) is 4.90 Å². The molecule has 1 heterocycles. The van der Waals surface area contributed by atoms with Crippen LogP contribution in [0.15, 0.2) is 0 Å². The van der Waals surface area contributed by atoms with Crippen LogP contribution in [0.3, 0.4) is 0 Å². The highest BCUT2D eigenvalue weighted by molar-refractivity contribution is 5.76. The van der Waals surface area contributed by atoms with Crippen LogP contribution < -0.4 is 11.5 Å². The lowest BCUT2D eigenvalue weighted by Crippen LogP contribution is -2.45. The van der Waals surface area contributed by atoms with Crippen LogP contribution in [-0.4, -0.2) is 36.5 Å². The maximum Gasteiger partial charge on any atom is 0.221 e. The maximum absolute atomic E-state index is 10.8. The number of nitrogens with two attached hydrogens (primary N) is 2. The molecule has 2 unspecified atom stereocenters. The predicted octanol–water partition coefficient (Wildman–Crippen LogP) is -0.469. The third-order valence-electron chi connectivity index (χ3n) is 2.56. The van der Waals surface area contributed by atoms with Crippen molar-refractivity contribution in [1.82, 2.24) is 4.90 Å². The molecule has 0 bridgehead atoms. The highest BCUT2D eigenvalue weighted by Crippen LogP contribution is 2.10. The van der Waals surface area contributed by atoms with Gasteiger partial charge in [0.1, 0.15) is 0 Å². The number of carbonyl (C=O) groups excluding carboxylic acids is 1. The van der Waals surface area contributed by atoms with Crippen molar-refractivity contribution in [2.24, 2.45) is 17.4 Å². The smallest absolute Gasteiger partial charge is 0.221 e. The lowest BCUT2D eigenvalue weighted by molar-refractivity contribution is -0.121. The summed E-state index contributed by atoms with van der Waals surface area (Å²) in [6, 6.07) is 0.272. The number of primary amides is 1. The van der Waals surface area contributed by atoms with Gasteiger partial charge >= 0.3 is 0 Å². The Hall–Kier alpha value is -0.610. The average molecular weight is 185 g/mol. The highest BCUT2D eigenvalue weighted by Gasteiger charge is 2.19. The number of nitrogens with zero attached hydrogens (tertiary/aromatic N) is 1. The van der Waals surface area contributed by atoms with E-state index in [0.29, 0.717) is 0 Å². The molecule has 0 saturated carbocycles. The van der Waals surface area contributed by atoms with E-state index in [1.54, 1.807) is 0 Å². The van der Waals surface area contributed by atoms with Crippen LogP contribution in [0.1, 0.15) is 19.8 Å². The molecule has 1 aliphatic rings. The number of amides is 1. The molecule has 1 rings (SSSR count). The molecule has 13 heavy (non-hydrogen) atoms. The van der Waals surface area contributed by atoms with Crippen molar-refractivity contribution in [1.29, 1.82) is 0 Å². The van der Waals surface area contributed by atoms with Gasteiger partial charge in [0, 0.05) is 25.0 Å². The Balaban J connectivity index is 2.31. The molecule has 2 atom stereocenters. The summed E-state index contributed by atoms with van der Waals surface area (Å²) in [6.07, 6.45) is 2.23. The first-order chi connectivity index (χ1) is 6.09. The van der Waals surface area contributed by atoms with E-state index in [9.17, 15) is 4.79 Å². The van der Waals surface area contributed by atoms with Gasteiger partial charge in [-0.05, 0) is 19.4 Å². The quantitative estimate of drug-likeness (QED) is 0.624. The van der Waals surface area contributed by atoms with Gasteiger partial charge in [0.25, 0.3) is 0 Å². The molecule has 1 saturated heterocycles. The van der Waals surface area contributed by atoms with E-state index in [-0.39, 0.29) is 17.9 Å². The SMILES string of the molecule is CC(CN1CCCC(N)C1)C(N)=O. The van der Waals surface area contributed by atoms with Gasteiger partial charge in [0.2, 0.25) is 5.91 Å². The summed E-state index contributed by atoms with van der Waals surface area (Å²) in [5, 5.41) is 0. The predicted molar refractivity (Wildman–Crippen MR) is 52.0 cm³/mol. The zero-order valence-corrected chi connectivity index (χ0v) is 8.20. The Kier molecular flexibility index (Phi) is 3.69. The van der Waals surface area contributed by atoms with Crippen LogP contribution in [0.25, 0.3) is 0 Å². The minimum atomic E-state index is -0.223. The van der Waals surface area contributed by atoms with Crippen molar-refractivity contribution in [3.8, 4) is 0 Å². The Bertz CT molecular complexity index is 184. The zero-order chi connectivity index (χ0) is 9.84. The molecule has 4 heteroatoms. The number of rotatable bonds is 3. The Morgan fingerprint density at radius 3 is 2.92 bits per heavy atom. The van der Waals surface area contributed by atoms with Crippen molar-refractivity contribution in [2.45, 2.75) is 25.8 Å². The molecule has 0 spiro atoms. The minimum absolute atomic E-state index is 0.0645. The van der Waals surface area contributed by atoms with E-state index in [4.69, 9.17) is 11.5 Å². The number of carbonyl (C=O) groups is 1. The second-order valence-corrected chi connectivity index (χ2v) is 3.97. The largest absolute Gasteiger partial charge is 0.369 e. The maximum atomic E-state index is 10.8. The van der Waals surface area contributed by atoms with Crippen LogP contribution in [0.5, 0.6) is 0 Å². The topological polar surface area (TPSA) is 72.3 Å².